The molecule has 0 heterocycles. The second-order valence-corrected chi connectivity index (χ2v) is 6.05. The molecule has 0 unspecified atom stereocenters. The molecular formula is C13H13ClFN3O2S. The molecule has 0 aromatic heterocycles. The minimum absolute atomic E-state index is 0.214. The van der Waals surface area contributed by atoms with Crippen LogP contribution in [-0.2, 0) is 16.8 Å². The first-order valence-corrected chi connectivity index (χ1v) is 7.84. The second kappa shape index (κ2) is 6.30. The lowest BCUT2D eigenvalue weighted by molar-refractivity contribution is 0.603. The van der Waals surface area contributed by atoms with Crippen molar-refractivity contribution in [1.82, 2.24) is 0 Å². The van der Waals surface area contributed by atoms with Gasteiger partial charge in [0.25, 0.3) is 10.2 Å². The van der Waals surface area contributed by atoms with Crippen LogP contribution in [-0.4, -0.2) is 8.42 Å². The van der Waals surface area contributed by atoms with E-state index >= 15 is 0 Å². The molecule has 0 amide bonds. The predicted molar refractivity (Wildman–Crippen MR) is 81.9 cm³/mol. The maximum atomic E-state index is 13.6. The molecule has 4 N–H and O–H groups in total. The van der Waals surface area contributed by atoms with Crippen LogP contribution in [0.5, 0.6) is 0 Å². The van der Waals surface area contributed by atoms with Crippen molar-refractivity contribution in [2.75, 3.05) is 10.0 Å². The fraction of sp³-hybridized carbons (Fsp3) is 0.0769. The van der Waals surface area contributed by atoms with Crippen LogP contribution < -0.4 is 15.2 Å². The van der Waals surface area contributed by atoms with Crippen molar-refractivity contribution in [3.8, 4) is 0 Å². The Morgan fingerprint density at radius 3 is 2.57 bits per heavy atom. The third kappa shape index (κ3) is 4.89. The van der Waals surface area contributed by atoms with Gasteiger partial charge in [0.15, 0.2) is 0 Å². The number of anilines is 2. The SMILES string of the molecule is NS(=O)(=O)Nc1cccc(NCc2cc(Cl)ccc2F)c1. The van der Waals surface area contributed by atoms with Crippen molar-refractivity contribution in [3.63, 3.8) is 0 Å². The van der Waals surface area contributed by atoms with E-state index in [1.807, 2.05) is 0 Å². The average molecular weight is 330 g/mol. The Balaban J connectivity index is 2.10. The van der Waals surface area contributed by atoms with Crippen LogP contribution in [0.3, 0.4) is 0 Å². The monoisotopic (exact) mass is 329 g/mol. The minimum Gasteiger partial charge on any atom is -0.381 e. The summed E-state index contributed by atoms with van der Waals surface area (Å²) in [6.45, 7) is 0.214. The van der Waals surface area contributed by atoms with Crippen molar-refractivity contribution < 1.29 is 12.8 Å². The van der Waals surface area contributed by atoms with Crippen LogP contribution in [0.4, 0.5) is 15.8 Å². The summed E-state index contributed by atoms with van der Waals surface area (Å²) in [5.41, 5.74) is 1.34. The summed E-state index contributed by atoms with van der Waals surface area (Å²) >= 11 is 5.81. The maximum Gasteiger partial charge on any atom is 0.296 e. The Kier molecular flexibility index (Phi) is 4.66. The Labute approximate surface area is 127 Å². The number of benzene rings is 2. The highest BCUT2D eigenvalue weighted by molar-refractivity contribution is 7.90. The van der Waals surface area contributed by atoms with Crippen molar-refractivity contribution in [1.29, 1.82) is 0 Å². The Morgan fingerprint density at radius 1 is 1.14 bits per heavy atom. The van der Waals surface area contributed by atoms with Crippen LogP contribution in [0, 0.1) is 5.82 Å². The van der Waals surface area contributed by atoms with Gasteiger partial charge in [-0.05, 0) is 36.4 Å². The zero-order valence-corrected chi connectivity index (χ0v) is 12.4. The molecule has 0 aliphatic heterocycles. The Bertz CT molecular complexity index is 753. The molecule has 0 spiro atoms. The molecule has 0 aliphatic rings. The van der Waals surface area contributed by atoms with E-state index in [9.17, 15) is 12.8 Å². The smallest absolute Gasteiger partial charge is 0.296 e. The molecule has 0 aliphatic carbocycles. The topological polar surface area (TPSA) is 84.2 Å². The number of rotatable bonds is 5. The summed E-state index contributed by atoms with van der Waals surface area (Å²) in [7, 11) is -3.83. The molecule has 21 heavy (non-hydrogen) atoms. The molecule has 0 radical (unpaired) electrons. The molecule has 112 valence electrons. The van der Waals surface area contributed by atoms with Gasteiger partial charge in [-0.2, -0.15) is 8.42 Å². The van der Waals surface area contributed by atoms with Crippen molar-refractivity contribution in [2.45, 2.75) is 6.54 Å². The maximum absolute atomic E-state index is 13.6. The first kappa shape index (κ1) is 15.6. The van der Waals surface area contributed by atoms with E-state index in [4.69, 9.17) is 16.7 Å². The summed E-state index contributed by atoms with van der Waals surface area (Å²) in [4.78, 5) is 0. The van der Waals surface area contributed by atoms with Crippen molar-refractivity contribution in [3.05, 3.63) is 58.9 Å². The van der Waals surface area contributed by atoms with Crippen molar-refractivity contribution in [2.24, 2.45) is 5.14 Å². The van der Waals surface area contributed by atoms with E-state index in [1.54, 1.807) is 24.3 Å². The highest BCUT2D eigenvalue weighted by Crippen LogP contribution is 2.19. The third-order valence-corrected chi connectivity index (χ3v) is 3.37. The van der Waals surface area contributed by atoms with Crippen LogP contribution in [0.15, 0.2) is 42.5 Å². The molecular weight excluding hydrogens is 317 g/mol. The van der Waals surface area contributed by atoms with Gasteiger partial charge >= 0.3 is 0 Å². The van der Waals surface area contributed by atoms with Gasteiger partial charge in [0.2, 0.25) is 0 Å². The zero-order valence-electron chi connectivity index (χ0n) is 10.8. The molecule has 2 rings (SSSR count). The van der Waals surface area contributed by atoms with E-state index in [1.165, 1.54) is 18.2 Å². The number of hydrogen-bond acceptors (Lipinski definition) is 3. The summed E-state index contributed by atoms with van der Waals surface area (Å²) in [5.74, 6) is -0.370. The molecule has 2 aromatic rings. The lowest BCUT2D eigenvalue weighted by Gasteiger charge is -2.10. The van der Waals surface area contributed by atoms with Crippen molar-refractivity contribution >= 4 is 33.2 Å². The number of halogens is 2. The Morgan fingerprint density at radius 2 is 1.86 bits per heavy atom. The largest absolute Gasteiger partial charge is 0.381 e. The zero-order chi connectivity index (χ0) is 15.5. The van der Waals surface area contributed by atoms with E-state index in [2.05, 4.69) is 10.0 Å². The van der Waals surface area contributed by atoms with Gasteiger partial charge in [-0.15, -0.1) is 0 Å². The number of nitrogens with one attached hydrogen (secondary N) is 2. The quantitative estimate of drug-likeness (QED) is 0.788. The Hall–Kier alpha value is -1.83. The third-order valence-electron chi connectivity index (χ3n) is 2.61. The summed E-state index contributed by atoms with van der Waals surface area (Å²) in [6, 6.07) is 10.7. The molecule has 0 fully saturated rings. The van der Waals surface area contributed by atoms with Gasteiger partial charge in [0, 0.05) is 22.8 Å². The van der Waals surface area contributed by atoms with Gasteiger partial charge in [0.1, 0.15) is 5.82 Å². The molecule has 0 bridgehead atoms. The second-order valence-electron chi connectivity index (χ2n) is 4.32. The molecule has 0 saturated heterocycles. The van der Waals surface area contributed by atoms with E-state index in [0.717, 1.165) is 0 Å². The highest BCUT2D eigenvalue weighted by Gasteiger charge is 2.05. The van der Waals surface area contributed by atoms with Gasteiger partial charge < -0.3 is 5.32 Å². The summed E-state index contributed by atoms with van der Waals surface area (Å²) in [5, 5.41) is 8.32. The molecule has 0 saturated carbocycles. The van der Waals surface area contributed by atoms with Gasteiger partial charge in [0.05, 0.1) is 5.69 Å². The highest BCUT2D eigenvalue weighted by atomic mass is 35.5. The molecule has 2 aromatic carbocycles. The minimum atomic E-state index is -3.83. The van der Waals surface area contributed by atoms with Crippen LogP contribution >= 0.6 is 11.6 Å². The number of nitrogens with two attached hydrogens (primary N) is 1. The molecule has 5 nitrogen and oxygen atoms in total. The van der Waals surface area contributed by atoms with Gasteiger partial charge in [-0.1, -0.05) is 17.7 Å². The first-order chi connectivity index (χ1) is 9.83. The number of hydrogen-bond donors (Lipinski definition) is 3. The summed E-state index contributed by atoms with van der Waals surface area (Å²) in [6.07, 6.45) is 0. The van der Waals surface area contributed by atoms with Gasteiger partial charge in [-0.25, -0.2) is 9.53 Å². The van der Waals surface area contributed by atoms with Crippen LogP contribution in [0.2, 0.25) is 5.02 Å². The van der Waals surface area contributed by atoms with E-state index in [-0.39, 0.29) is 12.4 Å². The normalized spacial score (nSPS) is 11.2. The fourth-order valence-electron chi connectivity index (χ4n) is 1.73. The lowest BCUT2D eigenvalue weighted by Crippen LogP contribution is -2.21. The predicted octanol–water partition coefficient (Wildman–Crippen LogP) is 2.71. The lowest BCUT2D eigenvalue weighted by atomic mass is 10.2. The standard InChI is InChI=1S/C13H13ClFN3O2S/c14-10-4-5-13(15)9(6-10)8-17-11-2-1-3-12(7-11)18-21(16,19)20/h1-7,17-18H,8H2,(H2,16,19,20). The van der Waals surface area contributed by atoms with E-state index in [0.29, 0.717) is 22.0 Å². The average Bonchev–Trinajstić information content (AvgIpc) is 2.38. The fourth-order valence-corrected chi connectivity index (χ4v) is 2.38. The van der Waals surface area contributed by atoms with Gasteiger partial charge in [-0.3, -0.25) is 4.72 Å². The van der Waals surface area contributed by atoms with Crippen LogP contribution in [0.1, 0.15) is 5.56 Å². The molecule has 0 atom stereocenters. The molecule has 8 heteroatoms. The van der Waals surface area contributed by atoms with E-state index < -0.39 is 10.2 Å². The summed E-state index contributed by atoms with van der Waals surface area (Å²) < 4.78 is 37.6. The van der Waals surface area contributed by atoms with Crippen LogP contribution in [0.25, 0.3) is 0 Å². The first-order valence-electron chi connectivity index (χ1n) is 5.92.